The minimum atomic E-state index is -4.61. The Morgan fingerprint density at radius 3 is 2.37 bits per heavy atom. The zero-order valence-corrected chi connectivity index (χ0v) is 31.0. The van der Waals surface area contributed by atoms with E-state index in [-0.39, 0.29) is 17.4 Å². The predicted molar refractivity (Wildman–Crippen MR) is 208 cm³/mol. The Morgan fingerprint density at radius 2 is 1.65 bits per heavy atom. The topological polar surface area (TPSA) is 125 Å². The molecule has 3 heterocycles. The van der Waals surface area contributed by atoms with Gasteiger partial charge in [0, 0.05) is 78.0 Å². The number of nitrogens with zero attached hydrogens (tertiary/aromatic N) is 3. The summed E-state index contributed by atoms with van der Waals surface area (Å²) in [6.45, 7) is 7.64. The highest BCUT2D eigenvalue weighted by molar-refractivity contribution is 6.35. The van der Waals surface area contributed by atoms with Gasteiger partial charge >= 0.3 is 6.18 Å². The van der Waals surface area contributed by atoms with Crippen LogP contribution in [0.4, 0.5) is 41.6 Å². The van der Waals surface area contributed by atoms with E-state index >= 15 is 0 Å². The molecule has 11 nitrogen and oxygen atoms in total. The maximum absolute atomic E-state index is 13.9. The number of aromatic amines is 1. The molecule has 0 unspecified atom stereocenters. The largest absolute Gasteiger partial charge is 0.416 e. The number of hydrogen-bond acceptors (Lipinski definition) is 7. The first-order valence-electron chi connectivity index (χ1n) is 17.8. The van der Waals surface area contributed by atoms with Crippen LogP contribution in [0.15, 0.2) is 60.7 Å². The lowest BCUT2D eigenvalue weighted by molar-refractivity contribution is -0.137. The molecule has 2 aliphatic heterocycles. The summed E-state index contributed by atoms with van der Waals surface area (Å²) in [5.74, 6) is -1.10. The molecular weight excluding hydrogens is 697 g/mol. The van der Waals surface area contributed by atoms with E-state index in [1.807, 2.05) is 52.0 Å². The van der Waals surface area contributed by atoms with Gasteiger partial charge in [-0.2, -0.15) is 13.2 Å². The van der Waals surface area contributed by atoms with E-state index in [1.165, 1.54) is 6.07 Å². The summed E-state index contributed by atoms with van der Waals surface area (Å²) in [5, 5.41) is 11.9. The second kappa shape index (κ2) is 15.8. The number of fused-ring (bicyclic) bond motifs is 1. The number of aryl methyl sites for hydroxylation is 1. The monoisotopic (exact) mass is 742 g/mol. The molecule has 14 heteroatoms. The number of anilines is 5. The van der Waals surface area contributed by atoms with Crippen molar-refractivity contribution in [2.75, 3.05) is 81.3 Å². The number of hydrogen-bond donors (Lipinski definition) is 5. The Labute approximate surface area is 312 Å². The Morgan fingerprint density at radius 1 is 0.926 bits per heavy atom. The molecule has 0 saturated carbocycles. The zero-order valence-electron chi connectivity index (χ0n) is 31.0. The zero-order chi connectivity index (χ0) is 38.7. The Bertz CT molecular complexity index is 2100. The normalized spacial score (nSPS) is 15.4. The van der Waals surface area contributed by atoms with Crippen LogP contribution < -0.4 is 26.2 Å². The van der Waals surface area contributed by atoms with Crippen LogP contribution in [-0.4, -0.2) is 92.9 Å². The quantitative estimate of drug-likeness (QED) is 0.0870. The van der Waals surface area contributed by atoms with Crippen molar-refractivity contribution < 1.29 is 27.6 Å². The summed E-state index contributed by atoms with van der Waals surface area (Å²) < 4.78 is 41.6. The maximum Gasteiger partial charge on any atom is 0.416 e. The van der Waals surface area contributed by atoms with Gasteiger partial charge in [-0.3, -0.25) is 14.4 Å². The van der Waals surface area contributed by atoms with Crippen LogP contribution in [0.25, 0.3) is 11.6 Å². The van der Waals surface area contributed by atoms with Crippen LogP contribution in [-0.2, 0) is 11.0 Å². The lowest BCUT2D eigenvalue weighted by Gasteiger charge is -2.34. The standard InChI is InChI=1S/C40H45F3N8O3/c1-24-34(45-25(2)36(24)39(54)44-12-7-13-49(3)4)23-33-32-11-10-30(22-35(32)48-38(33)53)46-28-8-6-9-29(21-28)47-37(52)26-18-27(40(41,42)43)20-31(19-26)51-16-14-50(5)15-17-51/h6,8-11,18-23,45-46H,7,12-17H2,1-5H3,(H,44,54)(H,47,52)(H,48,53)/b33-23-. The van der Waals surface area contributed by atoms with E-state index in [2.05, 4.69) is 36.1 Å². The molecule has 1 fully saturated rings. The molecule has 3 aromatic carbocycles. The van der Waals surface area contributed by atoms with Crippen molar-refractivity contribution in [1.29, 1.82) is 0 Å². The molecule has 4 aromatic rings. The third kappa shape index (κ3) is 8.77. The Hall–Kier alpha value is -5.60. The summed E-state index contributed by atoms with van der Waals surface area (Å²) in [4.78, 5) is 48.7. The van der Waals surface area contributed by atoms with Gasteiger partial charge in [-0.1, -0.05) is 12.1 Å². The van der Waals surface area contributed by atoms with Crippen LogP contribution in [0.2, 0.25) is 0 Å². The molecule has 0 spiro atoms. The van der Waals surface area contributed by atoms with Gasteiger partial charge in [-0.15, -0.1) is 0 Å². The third-order valence-electron chi connectivity index (χ3n) is 9.65. The maximum atomic E-state index is 13.9. The highest BCUT2D eigenvalue weighted by atomic mass is 19.4. The van der Waals surface area contributed by atoms with Gasteiger partial charge in [-0.25, -0.2) is 0 Å². The Kier molecular flexibility index (Phi) is 11.1. The van der Waals surface area contributed by atoms with Crippen LogP contribution in [0.5, 0.6) is 0 Å². The third-order valence-corrected chi connectivity index (χ3v) is 9.65. The van der Waals surface area contributed by atoms with Gasteiger partial charge in [-0.05, 0) is 108 Å². The minimum Gasteiger partial charge on any atom is -0.369 e. The molecule has 54 heavy (non-hydrogen) atoms. The van der Waals surface area contributed by atoms with Gasteiger partial charge < -0.3 is 41.0 Å². The molecule has 0 radical (unpaired) electrons. The molecule has 5 N–H and O–H groups in total. The number of halogens is 3. The summed E-state index contributed by atoms with van der Waals surface area (Å²) in [6.07, 6.45) is -2.03. The lowest BCUT2D eigenvalue weighted by Crippen LogP contribution is -2.44. The fraction of sp³-hybridized carbons (Fsp3) is 0.325. The second-order valence-electron chi connectivity index (χ2n) is 14.1. The molecular formula is C40H45F3N8O3. The highest BCUT2D eigenvalue weighted by Gasteiger charge is 2.33. The smallest absolute Gasteiger partial charge is 0.369 e. The molecule has 6 rings (SSSR count). The van der Waals surface area contributed by atoms with Crippen molar-refractivity contribution >= 4 is 57.8 Å². The molecule has 0 aliphatic carbocycles. The van der Waals surface area contributed by atoms with Crippen molar-refractivity contribution in [3.63, 3.8) is 0 Å². The molecule has 284 valence electrons. The number of amides is 3. The summed E-state index contributed by atoms with van der Waals surface area (Å²) in [6, 6.07) is 15.7. The summed E-state index contributed by atoms with van der Waals surface area (Å²) in [7, 11) is 5.93. The van der Waals surface area contributed by atoms with Crippen molar-refractivity contribution in [2.45, 2.75) is 26.4 Å². The van der Waals surface area contributed by atoms with E-state index in [0.29, 0.717) is 89.2 Å². The molecule has 1 saturated heterocycles. The lowest BCUT2D eigenvalue weighted by atomic mass is 10.0. The van der Waals surface area contributed by atoms with E-state index in [0.717, 1.165) is 30.7 Å². The van der Waals surface area contributed by atoms with Crippen LogP contribution in [0, 0.1) is 13.8 Å². The van der Waals surface area contributed by atoms with Gasteiger partial charge in [0.2, 0.25) is 0 Å². The highest BCUT2D eigenvalue weighted by Crippen LogP contribution is 2.37. The van der Waals surface area contributed by atoms with Crippen molar-refractivity contribution in [3.8, 4) is 0 Å². The first-order valence-corrected chi connectivity index (χ1v) is 17.8. The molecule has 0 bridgehead atoms. The number of rotatable bonds is 11. The number of benzene rings is 3. The predicted octanol–water partition coefficient (Wildman–Crippen LogP) is 6.57. The van der Waals surface area contributed by atoms with Gasteiger partial charge in [0.15, 0.2) is 0 Å². The second-order valence-corrected chi connectivity index (χ2v) is 14.1. The summed E-state index contributed by atoms with van der Waals surface area (Å²) >= 11 is 0. The average Bonchev–Trinajstić information content (AvgIpc) is 3.58. The van der Waals surface area contributed by atoms with Gasteiger partial charge in [0.25, 0.3) is 17.7 Å². The van der Waals surface area contributed by atoms with E-state index < -0.39 is 17.6 Å². The first-order chi connectivity index (χ1) is 25.7. The van der Waals surface area contributed by atoms with Crippen LogP contribution in [0.1, 0.15) is 55.2 Å². The fourth-order valence-electron chi connectivity index (χ4n) is 6.70. The van der Waals surface area contributed by atoms with Crippen molar-refractivity contribution in [1.82, 2.24) is 20.1 Å². The fourth-order valence-corrected chi connectivity index (χ4v) is 6.70. The SMILES string of the molecule is Cc1[nH]c(/C=C2\C(=O)Nc3cc(Nc4cccc(NC(=O)c5cc(N6CCN(C)CC6)cc(C(F)(F)F)c5)c4)ccc32)c(C)c1C(=O)NCCCN(C)C. The number of likely N-dealkylation sites (N-methyl/N-ethyl adjacent to an activating group) is 1. The molecule has 1 aromatic heterocycles. The number of piperazine rings is 1. The number of nitrogens with one attached hydrogen (secondary N) is 5. The number of aromatic nitrogens is 1. The van der Waals surface area contributed by atoms with Gasteiger partial charge in [0.05, 0.1) is 22.4 Å². The molecule has 0 atom stereocenters. The summed E-state index contributed by atoms with van der Waals surface area (Å²) in [5.41, 5.74) is 5.51. The van der Waals surface area contributed by atoms with Crippen LogP contribution in [0.3, 0.4) is 0 Å². The number of alkyl halides is 3. The average molecular weight is 743 g/mol. The number of carbonyl (C=O) groups is 3. The van der Waals surface area contributed by atoms with Crippen molar-refractivity contribution in [2.24, 2.45) is 0 Å². The minimum absolute atomic E-state index is 0.0878. The van der Waals surface area contributed by atoms with E-state index in [1.54, 1.807) is 36.4 Å². The molecule has 2 aliphatic rings. The first kappa shape index (κ1) is 38.1. The van der Waals surface area contributed by atoms with Gasteiger partial charge in [0.1, 0.15) is 0 Å². The van der Waals surface area contributed by atoms with Crippen molar-refractivity contribution in [3.05, 3.63) is 99.9 Å². The Balaban J connectivity index is 1.15. The van der Waals surface area contributed by atoms with Crippen LogP contribution >= 0.6 is 0 Å². The van der Waals surface area contributed by atoms with E-state index in [4.69, 9.17) is 0 Å². The molecule has 3 amide bonds. The van der Waals surface area contributed by atoms with E-state index in [9.17, 15) is 27.6 Å². The number of carbonyl (C=O) groups excluding carboxylic acids is 3. The number of H-pyrrole nitrogens is 1.